The predicted octanol–water partition coefficient (Wildman–Crippen LogP) is 2.19. The molecule has 116 valence electrons. The van der Waals surface area contributed by atoms with Gasteiger partial charge in [-0.25, -0.2) is 4.79 Å². The molecule has 1 aromatic carbocycles. The summed E-state index contributed by atoms with van der Waals surface area (Å²) in [6.45, 7) is 7.48. The zero-order valence-electron chi connectivity index (χ0n) is 12.5. The van der Waals surface area contributed by atoms with Crippen LogP contribution in [0.1, 0.15) is 6.42 Å². The molecule has 1 atom stereocenters. The van der Waals surface area contributed by atoms with Gasteiger partial charge in [-0.05, 0) is 37.1 Å². The maximum absolute atomic E-state index is 12.0. The van der Waals surface area contributed by atoms with Gasteiger partial charge in [-0.1, -0.05) is 6.08 Å². The van der Waals surface area contributed by atoms with Gasteiger partial charge in [0.25, 0.3) is 0 Å². The molecule has 1 saturated heterocycles. The smallest absolute Gasteiger partial charge is 0.319 e. The van der Waals surface area contributed by atoms with Crippen molar-refractivity contribution in [3.05, 3.63) is 37.1 Å². The van der Waals surface area contributed by atoms with Crippen molar-refractivity contribution in [3.8, 4) is 0 Å². The number of likely N-dealkylation sites (tertiary alicyclic amines) is 1. The van der Waals surface area contributed by atoms with Crippen molar-refractivity contribution in [1.29, 1.82) is 0 Å². The van der Waals surface area contributed by atoms with Crippen LogP contribution in [0.2, 0.25) is 0 Å². The van der Waals surface area contributed by atoms with Gasteiger partial charge in [0.15, 0.2) is 0 Å². The Bertz CT molecular complexity index is 665. The second-order valence-electron chi connectivity index (χ2n) is 5.71. The van der Waals surface area contributed by atoms with E-state index in [0.717, 1.165) is 42.6 Å². The van der Waals surface area contributed by atoms with Gasteiger partial charge in [-0.3, -0.25) is 10.00 Å². The SMILES string of the molecule is C=CCN1CC[C@H](CNC(=O)Nc2ccc3cn[nH]c3c2)C1. The van der Waals surface area contributed by atoms with Crippen molar-refractivity contribution < 1.29 is 4.79 Å². The first-order chi connectivity index (χ1) is 10.7. The molecule has 0 radical (unpaired) electrons. The van der Waals surface area contributed by atoms with E-state index in [1.54, 1.807) is 6.20 Å². The van der Waals surface area contributed by atoms with Gasteiger partial charge in [0.05, 0.1) is 11.7 Å². The fraction of sp³-hybridized carbons (Fsp3) is 0.375. The van der Waals surface area contributed by atoms with E-state index in [9.17, 15) is 4.79 Å². The monoisotopic (exact) mass is 299 g/mol. The molecule has 0 unspecified atom stereocenters. The molecular weight excluding hydrogens is 278 g/mol. The Hall–Kier alpha value is -2.34. The Morgan fingerprint density at radius 2 is 2.45 bits per heavy atom. The zero-order chi connectivity index (χ0) is 15.4. The summed E-state index contributed by atoms with van der Waals surface area (Å²) in [4.78, 5) is 14.3. The maximum Gasteiger partial charge on any atom is 0.319 e. The fourth-order valence-electron chi connectivity index (χ4n) is 2.86. The summed E-state index contributed by atoms with van der Waals surface area (Å²) >= 11 is 0. The fourth-order valence-corrected chi connectivity index (χ4v) is 2.86. The third kappa shape index (κ3) is 3.46. The number of H-pyrrole nitrogens is 1. The Morgan fingerprint density at radius 3 is 3.32 bits per heavy atom. The number of nitrogens with one attached hydrogen (secondary N) is 3. The number of amides is 2. The van der Waals surface area contributed by atoms with E-state index in [1.807, 2.05) is 24.3 Å². The molecule has 6 nitrogen and oxygen atoms in total. The van der Waals surface area contributed by atoms with Crippen LogP contribution in [0.4, 0.5) is 10.5 Å². The molecule has 6 heteroatoms. The second kappa shape index (κ2) is 6.62. The summed E-state index contributed by atoms with van der Waals surface area (Å²) in [5.74, 6) is 0.515. The number of hydrogen-bond donors (Lipinski definition) is 3. The van der Waals surface area contributed by atoms with Gasteiger partial charge in [0.2, 0.25) is 0 Å². The van der Waals surface area contributed by atoms with Crippen molar-refractivity contribution in [2.24, 2.45) is 5.92 Å². The third-order valence-electron chi connectivity index (χ3n) is 4.01. The van der Waals surface area contributed by atoms with Crippen LogP contribution < -0.4 is 10.6 Å². The molecule has 0 saturated carbocycles. The summed E-state index contributed by atoms with van der Waals surface area (Å²) in [6, 6.07) is 5.52. The maximum atomic E-state index is 12.0. The minimum atomic E-state index is -0.166. The van der Waals surface area contributed by atoms with Gasteiger partial charge in [0.1, 0.15) is 0 Å². The van der Waals surface area contributed by atoms with Gasteiger partial charge >= 0.3 is 6.03 Å². The number of urea groups is 1. The lowest BCUT2D eigenvalue weighted by atomic mass is 10.1. The Labute approximate surface area is 129 Å². The van der Waals surface area contributed by atoms with E-state index in [4.69, 9.17) is 0 Å². The quantitative estimate of drug-likeness (QED) is 0.741. The number of anilines is 1. The van der Waals surface area contributed by atoms with Gasteiger partial charge in [-0.15, -0.1) is 6.58 Å². The van der Waals surface area contributed by atoms with Gasteiger partial charge < -0.3 is 10.6 Å². The third-order valence-corrected chi connectivity index (χ3v) is 4.01. The van der Waals surface area contributed by atoms with E-state index >= 15 is 0 Å². The van der Waals surface area contributed by atoms with Crippen LogP contribution in [-0.2, 0) is 0 Å². The standard InChI is InChI=1S/C16H21N5O/c1-2-6-21-7-5-12(11-21)9-17-16(22)19-14-4-3-13-10-18-20-15(13)8-14/h2-4,8,10,12H,1,5-7,9,11H2,(H,18,20)(H2,17,19,22)/t12-/m1/s1. The summed E-state index contributed by atoms with van der Waals surface area (Å²) in [5, 5.41) is 13.7. The minimum Gasteiger partial charge on any atom is -0.338 e. The van der Waals surface area contributed by atoms with Gasteiger partial charge in [-0.2, -0.15) is 5.10 Å². The van der Waals surface area contributed by atoms with Crippen LogP contribution in [0.3, 0.4) is 0 Å². The molecule has 0 spiro atoms. The first-order valence-electron chi connectivity index (χ1n) is 7.56. The highest BCUT2D eigenvalue weighted by Crippen LogP contribution is 2.17. The highest BCUT2D eigenvalue weighted by atomic mass is 16.2. The van der Waals surface area contributed by atoms with Gasteiger partial charge in [0, 0.05) is 30.7 Å². The molecule has 0 aliphatic carbocycles. The number of hydrogen-bond acceptors (Lipinski definition) is 3. The number of carbonyl (C=O) groups is 1. The Balaban J connectivity index is 1.47. The van der Waals surface area contributed by atoms with Crippen LogP contribution in [0, 0.1) is 5.92 Å². The molecule has 22 heavy (non-hydrogen) atoms. The Morgan fingerprint density at radius 1 is 1.55 bits per heavy atom. The summed E-state index contributed by atoms with van der Waals surface area (Å²) in [6.07, 6.45) is 4.80. The summed E-state index contributed by atoms with van der Waals surface area (Å²) in [7, 11) is 0. The lowest BCUT2D eigenvalue weighted by Crippen LogP contribution is -2.34. The number of rotatable bonds is 5. The predicted molar refractivity (Wildman–Crippen MR) is 87.9 cm³/mol. The summed E-state index contributed by atoms with van der Waals surface area (Å²) in [5.41, 5.74) is 1.67. The first kappa shape index (κ1) is 14.6. The zero-order valence-corrected chi connectivity index (χ0v) is 12.5. The second-order valence-corrected chi connectivity index (χ2v) is 5.71. The number of fused-ring (bicyclic) bond motifs is 1. The molecule has 1 aliphatic heterocycles. The molecule has 2 amide bonds. The molecule has 1 aliphatic rings. The lowest BCUT2D eigenvalue weighted by Gasteiger charge is -2.14. The largest absolute Gasteiger partial charge is 0.338 e. The summed E-state index contributed by atoms with van der Waals surface area (Å²) < 4.78 is 0. The number of aromatic nitrogens is 2. The first-order valence-corrected chi connectivity index (χ1v) is 7.56. The van der Waals surface area contributed by atoms with Crippen LogP contribution in [-0.4, -0.2) is 47.3 Å². The van der Waals surface area contributed by atoms with Crippen molar-refractivity contribution in [2.45, 2.75) is 6.42 Å². The average Bonchev–Trinajstić information content (AvgIpc) is 3.14. The number of aromatic amines is 1. The number of benzene rings is 1. The van der Waals surface area contributed by atoms with Crippen molar-refractivity contribution in [3.63, 3.8) is 0 Å². The van der Waals surface area contributed by atoms with Crippen LogP contribution >= 0.6 is 0 Å². The molecule has 2 heterocycles. The molecule has 1 aromatic heterocycles. The van der Waals surface area contributed by atoms with E-state index in [-0.39, 0.29) is 6.03 Å². The van der Waals surface area contributed by atoms with Crippen LogP contribution in [0.5, 0.6) is 0 Å². The highest BCUT2D eigenvalue weighted by Gasteiger charge is 2.21. The van der Waals surface area contributed by atoms with Crippen molar-refractivity contribution >= 4 is 22.6 Å². The number of carbonyl (C=O) groups excluding carboxylic acids is 1. The molecule has 0 bridgehead atoms. The minimum absolute atomic E-state index is 0.166. The van der Waals surface area contributed by atoms with E-state index in [1.165, 1.54) is 0 Å². The van der Waals surface area contributed by atoms with E-state index in [0.29, 0.717) is 12.5 Å². The molecule has 2 aromatic rings. The van der Waals surface area contributed by atoms with Crippen molar-refractivity contribution in [2.75, 3.05) is 31.5 Å². The molecule has 3 rings (SSSR count). The normalized spacial score (nSPS) is 18.5. The molecular formula is C16H21N5O. The number of nitrogens with zero attached hydrogens (tertiary/aromatic N) is 2. The van der Waals surface area contributed by atoms with E-state index < -0.39 is 0 Å². The molecule has 1 fully saturated rings. The van der Waals surface area contributed by atoms with Crippen molar-refractivity contribution in [1.82, 2.24) is 20.4 Å². The lowest BCUT2D eigenvalue weighted by molar-refractivity contribution is 0.250. The topological polar surface area (TPSA) is 73.1 Å². The molecule has 3 N–H and O–H groups in total. The van der Waals surface area contributed by atoms with E-state index in [2.05, 4.69) is 32.3 Å². The Kier molecular flexibility index (Phi) is 4.39. The van der Waals surface area contributed by atoms with Crippen LogP contribution in [0.15, 0.2) is 37.1 Å². The van der Waals surface area contributed by atoms with Crippen LogP contribution in [0.25, 0.3) is 10.9 Å². The average molecular weight is 299 g/mol. The highest BCUT2D eigenvalue weighted by molar-refractivity contribution is 5.92.